The number of pyridine rings is 1. The molecular weight excluding hydrogens is 468 g/mol. The summed E-state index contributed by atoms with van der Waals surface area (Å²) in [4.78, 5) is 18.3. The van der Waals surface area contributed by atoms with E-state index in [4.69, 9.17) is 23.9 Å². The number of carbonyl (C=O) groups excluding carboxylic acids is 1. The van der Waals surface area contributed by atoms with Gasteiger partial charge < -0.3 is 23.5 Å². The Bertz CT molecular complexity index is 1180. The second-order valence-electron chi connectivity index (χ2n) is 9.21. The van der Waals surface area contributed by atoms with E-state index in [9.17, 15) is 4.79 Å². The summed E-state index contributed by atoms with van der Waals surface area (Å²) in [5.74, 6) is 1.15. The molecule has 7 heteroatoms. The van der Waals surface area contributed by atoms with Gasteiger partial charge in [0.25, 0.3) is 0 Å². The lowest BCUT2D eigenvalue weighted by molar-refractivity contribution is 0.0488. The van der Waals surface area contributed by atoms with Crippen LogP contribution in [0.25, 0.3) is 22.3 Å². The van der Waals surface area contributed by atoms with Gasteiger partial charge in [-0.25, -0.2) is 9.78 Å². The molecule has 0 unspecified atom stereocenters. The lowest BCUT2D eigenvalue weighted by atomic mass is 10.0. The highest BCUT2D eigenvalue weighted by Crippen LogP contribution is 2.40. The number of aromatic nitrogens is 2. The number of hydrogen-bond acceptors (Lipinski definition) is 6. The summed E-state index contributed by atoms with van der Waals surface area (Å²) >= 11 is 0. The Kier molecular flexibility index (Phi) is 10.7. The summed E-state index contributed by atoms with van der Waals surface area (Å²) in [6.07, 6.45) is 6.08. The zero-order valence-corrected chi connectivity index (χ0v) is 23.3. The van der Waals surface area contributed by atoms with Crippen molar-refractivity contribution in [3.05, 3.63) is 35.4 Å². The largest absolute Gasteiger partial charge is 0.497 e. The van der Waals surface area contributed by atoms with Gasteiger partial charge >= 0.3 is 5.97 Å². The third-order valence-electron chi connectivity index (χ3n) is 6.48. The van der Waals surface area contributed by atoms with Crippen molar-refractivity contribution in [3.8, 4) is 28.8 Å². The summed E-state index contributed by atoms with van der Waals surface area (Å²) in [6.45, 7) is 9.66. The first kappa shape index (κ1) is 28.4. The third-order valence-corrected chi connectivity index (χ3v) is 6.48. The van der Waals surface area contributed by atoms with E-state index in [2.05, 4.69) is 38.3 Å². The smallest absolute Gasteiger partial charge is 0.347 e. The van der Waals surface area contributed by atoms with Crippen LogP contribution in [-0.2, 0) is 18.2 Å². The van der Waals surface area contributed by atoms with Gasteiger partial charge in [-0.1, -0.05) is 47.0 Å². The normalized spacial score (nSPS) is 11.1. The number of esters is 1. The maximum atomic E-state index is 13.4. The summed E-state index contributed by atoms with van der Waals surface area (Å²) < 4.78 is 25.7. The lowest BCUT2D eigenvalue weighted by Gasteiger charge is -2.21. The molecule has 202 valence electrons. The van der Waals surface area contributed by atoms with E-state index in [1.165, 1.54) is 0 Å². The van der Waals surface area contributed by atoms with Crippen molar-refractivity contribution in [2.24, 2.45) is 7.05 Å². The zero-order chi connectivity index (χ0) is 26.8. The minimum absolute atomic E-state index is 0.275. The quantitative estimate of drug-likeness (QED) is 0.160. The molecule has 3 rings (SSSR count). The van der Waals surface area contributed by atoms with Gasteiger partial charge in [-0.05, 0) is 43.9 Å². The number of rotatable bonds is 15. The van der Waals surface area contributed by atoms with Crippen LogP contribution in [0.1, 0.15) is 82.1 Å². The van der Waals surface area contributed by atoms with Gasteiger partial charge in [0.15, 0.2) is 5.56 Å². The summed E-state index contributed by atoms with van der Waals surface area (Å²) in [5.41, 5.74) is 3.88. The molecule has 2 heterocycles. The molecule has 0 aliphatic carbocycles. The third kappa shape index (κ3) is 6.56. The molecule has 0 saturated carbocycles. The number of ether oxygens (including phenoxy) is 4. The van der Waals surface area contributed by atoms with Crippen molar-refractivity contribution in [2.75, 3.05) is 26.9 Å². The van der Waals surface area contributed by atoms with Crippen LogP contribution in [0.3, 0.4) is 0 Å². The van der Waals surface area contributed by atoms with Crippen LogP contribution in [0.15, 0.2) is 24.3 Å². The van der Waals surface area contributed by atoms with Gasteiger partial charge in [-0.15, -0.1) is 0 Å². The Balaban J connectivity index is 2.24. The van der Waals surface area contributed by atoms with Gasteiger partial charge in [-0.3, -0.25) is 0 Å². The van der Waals surface area contributed by atoms with Crippen LogP contribution in [0, 0.1) is 0 Å². The molecule has 2 aromatic heterocycles. The molecule has 3 aromatic rings. The average Bonchev–Trinajstić information content (AvgIpc) is 3.23. The molecule has 0 atom stereocenters. The van der Waals surface area contributed by atoms with E-state index in [-0.39, 0.29) is 5.88 Å². The number of benzene rings is 1. The Morgan fingerprint density at radius 3 is 2.24 bits per heavy atom. The minimum atomic E-state index is -0.443. The summed E-state index contributed by atoms with van der Waals surface area (Å²) in [6, 6.07) is 8.12. The second-order valence-corrected chi connectivity index (χ2v) is 9.21. The molecule has 0 aliphatic rings. The minimum Gasteiger partial charge on any atom is -0.497 e. The van der Waals surface area contributed by atoms with Crippen LogP contribution in [0.4, 0.5) is 0 Å². The number of aryl methyl sites for hydroxylation is 1. The zero-order valence-electron chi connectivity index (χ0n) is 23.3. The molecule has 37 heavy (non-hydrogen) atoms. The fourth-order valence-corrected chi connectivity index (χ4v) is 4.24. The summed E-state index contributed by atoms with van der Waals surface area (Å²) in [7, 11) is 3.68. The van der Waals surface area contributed by atoms with Crippen molar-refractivity contribution < 1.29 is 23.7 Å². The van der Waals surface area contributed by atoms with Gasteiger partial charge in [0.2, 0.25) is 5.88 Å². The Morgan fingerprint density at radius 2 is 1.59 bits per heavy atom. The molecular formula is C30H42N2O5. The maximum Gasteiger partial charge on any atom is 0.347 e. The first-order valence-electron chi connectivity index (χ1n) is 13.6. The Morgan fingerprint density at radius 1 is 0.919 bits per heavy atom. The van der Waals surface area contributed by atoms with Crippen molar-refractivity contribution in [3.63, 3.8) is 0 Å². The number of unbranched alkanes of at least 4 members (excludes halogenated alkanes) is 3. The highest BCUT2D eigenvalue weighted by Gasteiger charge is 2.29. The Hall–Kier alpha value is -3.22. The standard InChI is InChI=1S/C30H42N2O5/c1-7-11-16-35-28-23(10-4)27(25-19-21-14-15-22(34-6)20-24(21)32(25)5)31-29(36-17-12-8-2)26(28)30(33)37-18-13-9-3/h14-15,19-20H,7-13,16-18H2,1-6H3. The fraction of sp³-hybridized carbons (Fsp3) is 0.533. The van der Waals surface area contributed by atoms with E-state index >= 15 is 0 Å². The molecule has 7 nitrogen and oxygen atoms in total. The predicted molar refractivity (Wildman–Crippen MR) is 148 cm³/mol. The number of nitrogens with zero attached hydrogens (tertiary/aromatic N) is 2. The first-order chi connectivity index (χ1) is 18.0. The fourth-order valence-electron chi connectivity index (χ4n) is 4.24. The Labute approximate surface area is 221 Å². The van der Waals surface area contributed by atoms with E-state index in [1.807, 2.05) is 25.2 Å². The monoisotopic (exact) mass is 510 g/mol. The number of fused-ring (bicyclic) bond motifs is 1. The molecule has 1 aromatic carbocycles. The second kappa shape index (κ2) is 13.9. The number of methoxy groups -OCH3 is 1. The highest BCUT2D eigenvalue weighted by molar-refractivity contribution is 5.97. The van der Waals surface area contributed by atoms with Gasteiger partial charge in [0, 0.05) is 24.1 Å². The van der Waals surface area contributed by atoms with E-state index in [0.717, 1.165) is 72.1 Å². The van der Waals surface area contributed by atoms with E-state index < -0.39 is 5.97 Å². The first-order valence-corrected chi connectivity index (χ1v) is 13.6. The molecule has 0 radical (unpaired) electrons. The van der Waals surface area contributed by atoms with E-state index in [1.54, 1.807) is 7.11 Å². The number of carbonyl (C=O) groups is 1. The molecule has 0 spiro atoms. The molecule has 0 bridgehead atoms. The van der Waals surface area contributed by atoms with Crippen molar-refractivity contribution >= 4 is 16.9 Å². The van der Waals surface area contributed by atoms with Crippen LogP contribution < -0.4 is 14.2 Å². The lowest BCUT2D eigenvalue weighted by Crippen LogP contribution is -2.16. The molecule has 0 saturated heterocycles. The van der Waals surface area contributed by atoms with Crippen molar-refractivity contribution in [2.45, 2.75) is 72.6 Å². The topological polar surface area (TPSA) is 71.8 Å². The summed E-state index contributed by atoms with van der Waals surface area (Å²) in [5, 5.41) is 1.08. The molecule has 0 aliphatic heterocycles. The maximum absolute atomic E-state index is 13.4. The van der Waals surface area contributed by atoms with Crippen molar-refractivity contribution in [1.82, 2.24) is 9.55 Å². The van der Waals surface area contributed by atoms with Crippen molar-refractivity contribution in [1.29, 1.82) is 0 Å². The molecule has 0 N–H and O–H groups in total. The van der Waals surface area contributed by atoms with Gasteiger partial charge in [0.1, 0.15) is 11.5 Å². The van der Waals surface area contributed by atoms with Crippen LogP contribution in [0.2, 0.25) is 0 Å². The molecule has 0 fully saturated rings. The van der Waals surface area contributed by atoms with Crippen LogP contribution in [-0.4, -0.2) is 42.5 Å². The predicted octanol–water partition coefficient (Wildman–Crippen LogP) is 7.13. The van der Waals surface area contributed by atoms with Gasteiger partial charge in [-0.2, -0.15) is 0 Å². The molecule has 0 amide bonds. The highest BCUT2D eigenvalue weighted by atomic mass is 16.5. The SMILES string of the molecule is CCCCOC(=O)c1c(OCCCC)nc(-c2cc3ccc(OC)cc3n2C)c(CC)c1OCCCC. The van der Waals surface area contributed by atoms with Gasteiger partial charge in [0.05, 0.1) is 43.8 Å². The van der Waals surface area contributed by atoms with Crippen LogP contribution in [0.5, 0.6) is 17.4 Å². The van der Waals surface area contributed by atoms with E-state index in [0.29, 0.717) is 37.6 Å². The average molecular weight is 511 g/mol. The van der Waals surface area contributed by atoms with Crippen LogP contribution >= 0.6 is 0 Å². The number of hydrogen-bond donors (Lipinski definition) is 0.